The van der Waals surface area contributed by atoms with Crippen LogP contribution in [-0.2, 0) is 55.1 Å². The van der Waals surface area contributed by atoms with Gasteiger partial charge in [0.05, 0.1) is 22.4 Å². The Balaban J connectivity index is 0.000000236. The molecule has 8 heteroatoms. The number of rotatable bonds is 51. The number of fused-ring (bicyclic) bond motifs is 6. The zero-order chi connectivity index (χ0) is 83.8. The average molecular weight is 1710 g/mol. The summed E-state index contributed by atoms with van der Waals surface area (Å²) >= 11 is 7.50. The molecule has 642 valence electrons. The molecule has 0 aromatic heterocycles. The molecule has 0 radical (unpaired) electrons. The van der Waals surface area contributed by atoms with Crippen molar-refractivity contribution in [1.82, 2.24) is 0 Å². The number of hydrogen-bond acceptors (Lipinski definition) is 4. The smallest absolute Gasteiger partial charge is 0.399 e. The van der Waals surface area contributed by atoms with Gasteiger partial charge in [0.25, 0.3) is 0 Å². The molecule has 2 fully saturated rings. The van der Waals surface area contributed by atoms with Crippen LogP contribution in [0.25, 0.3) is 33.4 Å². The van der Waals surface area contributed by atoms with Gasteiger partial charge in [-0.05, 0) is 259 Å². The minimum Gasteiger partial charge on any atom is -0.399 e. The fraction of sp³-hybridized carbons (Fsp3) is 0.667. The van der Waals surface area contributed by atoms with Crippen molar-refractivity contribution < 1.29 is 18.6 Å². The van der Waals surface area contributed by atoms with Crippen molar-refractivity contribution in [2.45, 2.75) is 466 Å². The maximum Gasteiger partial charge on any atom is 0.494 e. The summed E-state index contributed by atoms with van der Waals surface area (Å²) in [5, 5.41) is 0. The van der Waals surface area contributed by atoms with Gasteiger partial charge in [0.1, 0.15) is 0 Å². The van der Waals surface area contributed by atoms with Crippen molar-refractivity contribution in [3.63, 3.8) is 0 Å². The molecule has 0 amide bonds. The highest BCUT2D eigenvalue weighted by atomic mass is 79.9. The second kappa shape index (κ2) is 48.9. The van der Waals surface area contributed by atoms with Gasteiger partial charge >= 0.3 is 14.2 Å². The third-order valence-electron chi connectivity index (χ3n) is 28.1. The summed E-state index contributed by atoms with van der Waals surface area (Å²) < 4.78 is 29.0. The van der Waals surface area contributed by atoms with Crippen molar-refractivity contribution in [2.75, 3.05) is 0 Å². The third kappa shape index (κ3) is 26.6. The van der Waals surface area contributed by atoms with Crippen LogP contribution in [0.4, 0.5) is 0 Å². The molecule has 2 saturated heterocycles. The van der Waals surface area contributed by atoms with E-state index in [9.17, 15) is 0 Å². The average Bonchev–Trinajstić information content (AvgIpc) is 1.56. The summed E-state index contributed by atoms with van der Waals surface area (Å²) in [4.78, 5) is 0. The quantitative estimate of drug-likeness (QED) is 0.0282. The first-order valence-corrected chi connectivity index (χ1v) is 50.3. The van der Waals surface area contributed by atoms with E-state index in [2.05, 4.69) is 254 Å². The Morgan fingerprint density at radius 2 is 0.534 bits per heavy atom. The van der Waals surface area contributed by atoms with Crippen LogP contribution in [0.3, 0.4) is 0 Å². The van der Waals surface area contributed by atoms with Crippen LogP contribution in [-0.4, -0.2) is 36.6 Å². The summed E-state index contributed by atoms with van der Waals surface area (Å²) in [5.74, 6) is 0. The minimum atomic E-state index is -0.370. The van der Waals surface area contributed by atoms with E-state index < -0.39 is 0 Å². The molecular formula is C108H166B2Br2O4. The molecule has 6 aromatic carbocycles. The lowest BCUT2D eigenvalue weighted by atomic mass is 9.67. The van der Waals surface area contributed by atoms with E-state index in [-0.39, 0.29) is 47.5 Å². The largest absolute Gasteiger partial charge is 0.494 e. The Labute approximate surface area is 731 Å². The number of hydrogen-bond donors (Lipinski definition) is 0. The molecule has 2 aliphatic carbocycles. The van der Waals surface area contributed by atoms with Gasteiger partial charge in [-0.15, -0.1) is 0 Å². The Kier molecular flexibility index (Phi) is 41.2. The molecule has 0 unspecified atom stereocenters. The standard InChI is InChI=1S/C49H74.C41H64B2O4.C18H28Br2/c1-7-11-15-19-21-25-33-49(34-26-22-20-16-12-8-2)47-35-39(5)29-31-44(47)45-32-30-43(38-48(45)49)46-37-41(27-23-17-13-9-3)40(6)36-42(46)28-24-18-14-10-4;1-11-13-15-17-19-21-27-41(28-22-20-18-16-14-12-2)35-29-31(42-44-37(3,4)38(5,6)45-42)23-25-33(35)34-26-24-32(30-36(34)41)43-46-39(7,8)40(9,10)47-43;1-3-5-7-9-11-15-13-18(20)16(14-17(15)19)12-10-8-6-4-2/h29-32,35-38H,7-28,33-34H2,1-6H3;23-26,29-30H,11-22,27-28H2,1-10H3;13-14H,3-12H2,1-2H3. The lowest BCUT2D eigenvalue weighted by Gasteiger charge is -2.33. The van der Waals surface area contributed by atoms with E-state index in [1.807, 2.05) is 0 Å². The Hall–Kier alpha value is -3.75. The molecule has 4 nitrogen and oxygen atoms in total. The van der Waals surface area contributed by atoms with Crippen LogP contribution < -0.4 is 10.9 Å². The summed E-state index contributed by atoms with van der Waals surface area (Å²) in [6.45, 7) is 40.3. The third-order valence-corrected chi connectivity index (χ3v) is 29.6. The fourth-order valence-electron chi connectivity index (χ4n) is 19.3. The van der Waals surface area contributed by atoms with Gasteiger partial charge in [-0.25, -0.2) is 0 Å². The maximum atomic E-state index is 6.60. The zero-order valence-corrected chi connectivity index (χ0v) is 80.9. The molecule has 0 bridgehead atoms. The first kappa shape index (κ1) is 97.7. The van der Waals surface area contributed by atoms with E-state index in [1.54, 1.807) is 22.3 Å². The lowest BCUT2D eigenvalue weighted by Crippen LogP contribution is -2.41. The van der Waals surface area contributed by atoms with Gasteiger partial charge in [-0.3, -0.25) is 0 Å². The van der Waals surface area contributed by atoms with Gasteiger partial charge in [0, 0.05) is 19.8 Å². The maximum absolute atomic E-state index is 6.60. The fourth-order valence-corrected chi connectivity index (χ4v) is 20.4. The second-order valence-electron chi connectivity index (χ2n) is 38.5. The Morgan fingerprint density at radius 3 is 0.879 bits per heavy atom. The summed E-state index contributed by atoms with van der Waals surface area (Å²) in [7, 11) is -0.731. The van der Waals surface area contributed by atoms with Crippen molar-refractivity contribution in [3.8, 4) is 33.4 Å². The van der Waals surface area contributed by atoms with E-state index in [4.69, 9.17) is 18.6 Å². The minimum absolute atomic E-state index is 0.0561. The SMILES string of the molecule is CCCCCCCCC1(CCCCCCCC)c2cc(B3OC(C)(C)C(C)(C)O3)ccc2-c2ccc(B3OC(C)(C)C(C)(C)O3)cc21.CCCCCCCCC1(CCCCCCCC)c2cc(C)ccc2-c2ccc(-c3cc(CCCCCC)c(C)cc3CCCCCC)cc21.CCCCCCc1cc(Br)c(CCCCCC)cc1Br. The van der Waals surface area contributed by atoms with Crippen LogP contribution in [0.1, 0.15) is 449 Å². The number of unbranched alkanes of at least 4 members (excludes halogenated alkanes) is 32. The highest BCUT2D eigenvalue weighted by molar-refractivity contribution is 9.11. The normalized spacial score (nSPS) is 16.1. The molecular weight excluding hydrogens is 1540 g/mol. The zero-order valence-electron chi connectivity index (χ0n) is 77.7. The van der Waals surface area contributed by atoms with Gasteiger partial charge in [0.15, 0.2) is 0 Å². The van der Waals surface area contributed by atoms with Crippen LogP contribution in [0.15, 0.2) is 106 Å². The van der Waals surface area contributed by atoms with Crippen LogP contribution in [0.2, 0.25) is 0 Å². The number of aryl methyl sites for hydroxylation is 6. The van der Waals surface area contributed by atoms with E-state index in [1.165, 1.54) is 371 Å². The molecule has 0 saturated carbocycles. The van der Waals surface area contributed by atoms with Crippen molar-refractivity contribution in [1.29, 1.82) is 0 Å². The molecule has 6 aromatic rings. The van der Waals surface area contributed by atoms with E-state index >= 15 is 0 Å². The van der Waals surface area contributed by atoms with E-state index in [0.717, 1.165) is 23.8 Å². The van der Waals surface area contributed by atoms with Crippen molar-refractivity contribution in [3.05, 3.63) is 162 Å². The molecule has 4 aliphatic rings. The van der Waals surface area contributed by atoms with Crippen molar-refractivity contribution in [2.24, 2.45) is 0 Å². The summed E-state index contributed by atoms with van der Waals surface area (Å²) in [5.41, 5.74) is 24.9. The predicted molar refractivity (Wildman–Crippen MR) is 517 cm³/mol. The first-order valence-electron chi connectivity index (χ1n) is 48.7. The monoisotopic (exact) mass is 1710 g/mol. The molecule has 0 atom stereocenters. The van der Waals surface area contributed by atoms with Crippen LogP contribution in [0, 0.1) is 13.8 Å². The molecule has 10 rings (SSSR count). The first-order chi connectivity index (χ1) is 55.8. The lowest BCUT2D eigenvalue weighted by molar-refractivity contribution is 0.00578. The molecule has 2 heterocycles. The summed E-state index contributed by atoms with van der Waals surface area (Å²) in [6.07, 6.45) is 62.9. The Bertz CT molecular complexity index is 3690. The van der Waals surface area contributed by atoms with E-state index in [0.29, 0.717) is 0 Å². The van der Waals surface area contributed by atoms with Crippen molar-refractivity contribution >= 4 is 57.0 Å². The van der Waals surface area contributed by atoms with Crippen LogP contribution >= 0.6 is 31.9 Å². The number of benzene rings is 6. The van der Waals surface area contributed by atoms with Gasteiger partial charge < -0.3 is 18.6 Å². The highest BCUT2D eigenvalue weighted by Gasteiger charge is 2.55. The topological polar surface area (TPSA) is 36.9 Å². The van der Waals surface area contributed by atoms with Gasteiger partial charge in [0.2, 0.25) is 0 Å². The Morgan fingerprint density at radius 1 is 0.259 bits per heavy atom. The molecule has 0 spiro atoms. The summed E-state index contributed by atoms with van der Waals surface area (Å²) in [6, 6.07) is 39.1. The van der Waals surface area contributed by atoms with Gasteiger partial charge in [-0.1, -0.05) is 403 Å². The van der Waals surface area contributed by atoms with Crippen LogP contribution in [0.5, 0.6) is 0 Å². The molecule has 0 N–H and O–H groups in total. The second-order valence-corrected chi connectivity index (χ2v) is 40.3. The molecule has 116 heavy (non-hydrogen) atoms. The predicted octanol–water partition coefficient (Wildman–Crippen LogP) is 33.5. The molecule has 2 aliphatic heterocycles. The number of halogens is 2. The highest BCUT2D eigenvalue weighted by Crippen LogP contribution is 2.57. The van der Waals surface area contributed by atoms with Gasteiger partial charge in [-0.2, -0.15) is 0 Å².